The molecule has 106 valence electrons. The second-order valence-electron chi connectivity index (χ2n) is 4.13. The van der Waals surface area contributed by atoms with E-state index in [0.717, 1.165) is 33.8 Å². The van der Waals surface area contributed by atoms with Gasteiger partial charge in [-0.25, -0.2) is 0 Å². The first-order chi connectivity index (χ1) is 9.28. The summed E-state index contributed by atoms with van der Waals surface area (Å²) in [6.45, 7) is 4.56. The number of aromatic nitrogens is 3. The molecule has 0 bridgehead atoms. The van der Waals surface area contributed by atoms with E-state index in [1.54, 1.807) is 16.4 Å². The van der Waals surface area contributed by atoms with E-state index in [9.17, 15) is 0 Å². The minimum absolute atomic E-state index is 0. The Balaban J connectivity index is 0.00000147. The van der Waals surface area contributed by atoms with Crippen molar-refractivity contribution < 1.29 is 4.74 Å². The van der Waals surface area contributed by atoms with Crippen LogP contribution >= 0.6 is 28.7 Å². The number of aryl methyl sites for hydroxylation is 1. The van der Waals surface area contributed by atoms with Gasteiger partial charge < -0.3 is 4.74 Å². The van der Waals surface area contributed by atoms with Crippen LogP contribution < -0.4 is 4.74 Å². The number of nitrogens with zero attached hydrogens (tertiary/aromatic N) is 4. The molecule has 0 saturated heterocycles. The molecule has 0 spiro atoms. The van der Waals surface area contributed by atoms with E-state index in [-0.39, 0.29) is 17.0 Å². The van der Waals surface area contributed by atoms with Crippen LogP contribution in [0.2, 0.25) is 0 Å². The molecule has 0 atom stereocenters. The summed E-state index contributed by atoms with van der Waals surface area (Å²) in [7, 11) is 0. The maximum Gasteiger partial charge on any atom is 0.212 e. The predicted octanol–water partition coefficient (Wildman–Crippen LogP) is 2.92. The highest BCUT2D eigenvalue weighted by Gasteiger charge is 2.17. The molecule has 1 aliphatic heterocycles. The quantitative estimate of drug-likeness (QED) is 0.850. The summed E-state index contributed by atoms with van der Waals surface area (Å²) in [6.07, 6.45) is 0. The molecule has 1 aliphatic rings. The standard InChI is InChI=1S/C13H14N4OS.BrH/c1-3-18-11-6-4-10(5-7-11)12-8-19-13-15-14-9(2)17(13)16-12;/h4-7H,3,8H2,1-2H3;1H. The highest BCUT2D eigenvalue weighted by molar-refractivity contribution is 8.93. The number of fused-ring (bicyclic) bond motifs is 1. The number of rotatable bonds is 3. The Labute approximate surface area is 132 Å². The molecule has 0 saturated carbocycles. The molecule has 7 heteroatoms. The lowest BCUT2D eigenvalue weighted by Crippen LogP contribution is -2.13. The molecule has 0 N–H and O–H groups in total. The Bertz CT molecular complexity index is 624. The number of thioether (sulfide) groups is 1. The third-order valence-corrected chi connectivity index (χ3v) is 3.76. The highest BCUT2D eigenvalue weighted by Crippen LogP contribution is 2.24. The molecule has 2 aromatic rings. The zero-order chi connectivity index (χ0) is 13.2. The van der Waals surface area contributed by atoms with Gasteiger partial charge in [-0.2, -0.15) is 9.78 Å². The van der Waals surface area contributed by atoms with Crippen molar-refractivity contribution in [1.82, 2.24) is 14.9 Å². The van der Waals surface area contributed by atoms with E-state index < -0.39 is 0 Å². The number of hydrogen-bond acceptors (Lipinski definition) is 5. The van der Waals surface area contributed by atoms with Crippen LogP contribution in [0.15, 0.2) is 34.5 Å². The third-order valence-electron chi connectivity index (χ3n) is 2.83. The average Bonchev–Trinajstić information content (AvgIpc) is 2.81. The van der Waals surface area contributed by atoms with Crippen LogP contribution in [0.25, 0.3) is 0 Å². The molecule has 0 amide bonds. The summed E-state index contributed by atoms with van der Waals surface area (Å²) < 4.78 is 7.23. The summed E-state index contributed by atoms with van der Waals surface area (Å²) in [5.74, 6) is 2.51. The highest BCUT2D eigenvalue weighted by atomic mass is 79.9. The van der Waals surface area contributed by atoms with Crippen molar-refractivity contribution in [2.45, 2.75) is 19.0 Å². The zero-order valence-corrected chi connectivity index (χ0v) is 13.8. The molecule has 0 aliphatic carbocycles. The number of halogens is 1. The van der Waals surface area contributed by atoms with Gasteiger partial charge in [0.2, 0.25) is 5.16 Å². The van der Waals surface area contributed by atoms with E-state index in [0.29, 0.717) is 6.61 Å². The van der Waals surface area contributed by atoms with Crippen LogP contribution in [0, 0.1) is 6.92 Å². The fraction of sp³-hybridized carbons (Fsp3) is 0.308. The van der Waals surface area contributed by atoms with Crippen LogP contribution in [0.4, 0.5) is 0 Å². The van der Waals surface area contributed by atoms with E-state index >= 15 is 0 Å². The molecular weight excluding hydrogens is 340 g/mol. The minimum Gasteiger partial charge on any atom is -0.494 e. The zero-order valence-electron chi connectivity index (χ0n) is 11.2. The van der Waals surface area contributed by atoms with Crippen LogP contribution in [-0.2, 0) is 0 Å². The van der Waals surface area contributed by atoms with Crippen molar-refractivity contribution in [2.75, 3.05) is 12.4 Å². The molecule has 5 nitrogen and oxygen atoms in total. The van der Waals surface area contributed by atoms with Gasteiger partial charge in [0.15, 0.2) is 5.82 Å². The van der Waals surface area contributed by atoms with Gasteiger partial charge in [0, 0.05) is 5.75 Å². The van der Waals surface area contributed by atoms with Crippen LogP contribution in [0.1, 0.15) is 18.3 Å². The van der Waals surface area contributed by atoms with Gasteiger partial charge in [-0.05, 0) is 43.7 Å². The molecule has 20 heavy (non-hydrogen) atoms. The van der Waals surface area contributed by atoms with Crippen molar-refractivity contribution in [2.24, 2.45) is 5.10 Å². The van der Waals surface area contributed by atoms with Gasteiger partial charge in [-0.1, -0.05) is 11.8 Å². The summed E-state index contributed by atoms with van der Waals surface area (Å²) in [6, 6.07) is 8.02. The summed E-state index contributed by atoms with van der Waals surface area (Å²) in [4.78, 5) is 0. The third kappa shape index (κ3) is 2.88. The fourth-order valence-electron chi connectivity index (χ4n) is 1.88. The molecule has 0 radical (unpaired) electrons. The number of benzene rings is 1. The number of hydrogen-bond donors (Lipinski definition) is 0. The van der Waals surface area contributed by atoms with Crippen molar-refractivity contribution in [1.29, 1.82) is 0 Å². The Morgan fingerprint density at radius 1 is 1.25 bits per heavy atom. The Kier molecular flexibility index (Phi) is 4.82. The Hall–Kier alpha value is -1.34. The van der Waals surface area contributed by atoms with Gasteiger partial charge in [0.25, 0.3) is 0 Å². The second kappa shape index (κ2) is 6.41. The Morgan fingerprint density at radius 2 is 2.00 bits per heavy atom. The van der Waals surface area contributed by atoms with Gasteiger partial charge in [-0.15, -0.1) is 27.2 Å². The van der Waals surface area contributed by atoms with Crippen LogP contribution in [-0.4, -0.2) is 32.9 Å². The SMILES string of the molecule is Br.CCOc1ccc(C2=Nn3c(C)nnc3SC2)cc1. The predicted molar refractivity (Wildman–Crippen MR) is 85.4 cm³/mol. The first-order valence-corrected chi connectivity index (χ1v) is 7.12. The van der Waals surface area contributed by atoms with Gasteiger partial charge in [0.05, 0.1) is 12.3 Å². The van der Waals surface area contributed by atoms with Gasteiger partial charge in [0.1, 0.15) is 5.75 Å². The second-order valence-corrected chi connectivity index (χ2v) is 5.08. The first-order valence-electron chi connectivity index (χ1n) is 6.14. The number of ether oxygens (including phenoxy) is 1. The monoisotopic (exact) mass is 354 g/mol. The fourth-order valence-corrected chi connectivity index (χ4v) is 2.76. The summed E-state index contributed by atoms with van der Waals surface area (Å²) >= 11 is 1.65. The average molecular weight is 355 g/mol. The van der Waals surface area contributed by atoms with E-state index in [1.165, 1.54) is 0 Å². The minimum atomic E-state index is 0. The molecule has 2 heterocycles. The van der Waals surface area contributed by atoms with E-state index in [4.69, 9.17) is 4.74 Å². The lowest BCUT2D eigenvalue weighted by molar-refractivity contribution is 0.340. The lowest BCUT2D eigenvalue weighted by Gasteiger charge is -2.13. The largest absolute Gasteiger partial charge is 0.494 e. The van der Waals surface area contributed by atoms with Crippen LogP contribution in [0.3, 0.4) is 0 Å². The summed E-state index contributed by atoms with van der Waals surface area (Å²) in [5, 5.41) is 13.6. The Morgan fingerprint density at radius 3 is 2.70 bits per heavy atom. The topological polar surface area (TPSA) is 52.3 Å². The summed E-state index contributed by atoms with van der Waals surface area (Å²) in [5.41, 5.74) is 2.14. The van der Waals surface area contributed by atoms with Crippen LogP contribution in [0.5, 0.6) is 5.75 Å². The smallest absolute Gasteiger partial charge is 0.212 e. The normalized spacial score (nSPS) is 13.2. The maximum absolute atomic E-state index is 5.44. The molecule has 0 fully saturated rings. The molecular formula is C13H15BrN4OS. The maximum atomic E-state index is 5.44. The molecule has 1 aromatic heterocycles. The molecule has 3 rings (SSSR count). The lowest BCUT2D eigenvalue weighted by atomic mass is 10.1. The molecule has 1 aromatic carbocycles. The van der Waals surface area contributed by atoms with E-state index in [2.05, 4.69) is 15.3 Å². The van der Waals surface area contributed by atoms with Gasteiger partial charge in [-0.3, -0.25) is 0 Å². The van der Waals surface area contributed by atoms with Crippen molar-refractivity contribution in [3.05, 3.63) is 35.7 Å². The molecule has 0 unspecified atom stereocenters. The van der Waals surface area contributed by atoms with Crippen molar-refractivity contribution >= 4 is 34.5 Å². The van der Waals surface area contributed by atoms with Gasteiger partial charge >= 0.3 is 0 Å². The first kappa shape index (κ1) is 15.1. The van der Waals surface area contributed by atoms with Crippen molar-refractivity contribution in [3.63, 3.8) is 0 Å². The van der Waals surface area contributed by atoms with Crippen molar-refractivity contribution in [3.8, 4) is 5.75 Å². The van der Waals surface area contributed by atoms with E-state index in [1.807, 2.05) is 38.1 Å².